The van der Waals surface area contributed by atoms with Crippen molar-refractivity contribution < 1.29 is 8.83 Å². The SMILES string of the molecule is c1ccc(N(c2ccccc2)c2ccc3c(c2)oc2cc(N(c4ccc(-c5ccc6ccccc6c5)cc4)c4ccc5c(c4)oc4ccccc45)ccc23)cc1. The van der Waals surface area contributed by atoms with Gasteiger partial charge in [-0.3, -0.25) is 0 Å². The summed E-state index contributed by atoms with van der Waals surface area (Å²) in [7, 11) is 0. The zero-order valence-electron chi connectivity index (χ0n) is 30.3. The second kappa shape index (κ2) is 13.1. The molecule has 0 atom stereocenters. The smallest absolute Gasteiger partial charge is 0.137 e. The minimum absolute atomic E-state index is 0.822. The third kappa shape index (κ3) is 5.47. The summed E-state index contributed by atoms with van der Waals surface area (Å²) in [4.78, 5) is 4.54. The molecule has 0 bridgehead atoms. The van der Waals surface area contributed by atoms with Gasteiger partial charge in [0.05, 0.1) is 0 Å². The molecule has 264 valence electrons. The van der Waals surface area contributed by atoms with Crippen molar-refractivity contribution >= 4 is 88.8 Å². The molecule has 0 saturated heterocycles. The summed E-state index contributed by atoms with van der Waals surface area (Å²) in [5.74, 6) is 0. The lowest BCUT2D eigenvalue weighted by Gasteiger charge is -2.25. The van der Waals surface area contributed by atoms with Crippen LogP contribution in [0.2, 0.25) is 0 Å². The number of rotatable bonds is 7. The maximum Gasteiger partial charge on any atom is 0.137 e. The highest BCUT2D eigenvalue weighted by Gasteiger charge is 2.19. The van der Waals surface area contributed by atoms with Crippen molar-refractivity contribution in [3.8, 4) is 11.1 Å². The van der Waals surface area contributed by atoms with Crippen molar-refractivity contribution in [2.45, 2.75) is 0 Å². The van der Waals surface area contributed by atoms with Crippen LogP contribution in [0.5, 0.6) is 0 Å². The minimum atomic E-state index is 0.822. The summed E-state index contributed by atoms with van der Waals surface area (Å²) in [5, 5.41) is 6.82. The van der Waals surface area contributed by atoms with Crippen LogP contribution in [0.4, 0.5) is 34.1 Å². The summed E-state index contributed by atoms with van der Waals surface area (Å²) in [5.41, 5.74) is 11.9. The first-order chi connectivity index (χ1) is 27.7. The van der Waals surface area contributed by atoms with Crippen LogP contribution in [0.25, 0.3) is 65.8 Å². The van der Waals surface area contributed by atoms with Crippen LogP contribution in [0.15, 0.2) is 215 Å². The van der Waals surface area contributed by atoms with Crippen molar-refractivity contribution in [2.75, 3.05) is 9.80 Å². The van der Waals surface area contributed by atoms with E-state index in [-0.39, 0.29) is 0 Å². The van der Waals surface area contributed by atoms with Gasteiger partial charge < -0.3 is 18.6 Å². The van der Waals surface area contributed by atoms with Crippen molar-refractivity contribution in [3.05, 3.63) is 206 Å². The third-order valence-electron chi connectivity index (χ3n) is 10.8. The van der Waals surface area contributed by atoms with Gasteiger partial charge in [-0.05, 0) is 107 Å². The molecule has 0 amide bonds. The van der Waals surface area contributed by atoms with E-state index in [1.54, 1.807) is 0 Å². The average Bonchev–Trinajstić information content (AvgIpc) is 3.82. The quantitative estimate of drug-likeness (QED) is 0.164. The van der Waals surface area contributed by atoms with Crippen molar-refractivity contribution in [1.29, 1.82) is 0 Å². The van der Waals surface area contributed by atoms with E-state index >= 15 is 0 Å². The highest BCUT2D eigenvalue weighted by molar-refractivity contribution is 6.08. The molecule has 56 heavy (non-hydrogen) atoms. The number of para-hydroxylation sites is 3. The van der Waals surface area contributed by atoms with Gasteiger partial charge in [0.1, 0.15) is 22.3 Å². The predicted octanol–water partition coefficient (Wildman–Crippen LogP) is 15.2. The van der Waals surface area contributed by atoms with Crippen LogP contribution in [-0.2, 0) is 0 Å². The first-order valence-corrected chi connectivity index (χ1v) is 18.9. The maximum atomic E-state index is 6.73. The molecule has 4 heteroatoms. The van der Waals surface area contributed by atoms with E-state index in [4.69, 9.17) is 8.83 Å². The fourth-order valence-corrected chi connectivity index (χ4v) is 8.11. The van der Waals surface area contributed by atoms with Crippen LogP contribution in [0.3, 0.4) is 0 Å². The monoisotopic (exact) mass is 718 g/mol. The molecular formula is C52H34N2O2. The lowest BCUT2D eigenvalue weighted by atomic mass is 10.0. The summed E-state index contributed by atoms with van der Waals surface area (Å²) in [6.45, 7) is 0. The van der Waals surface area contributed by atoms with E-state index in [1.807, 2.05) is 24.3 Å². The summed E-state index contributed by atoms with van der Waals surface area (Å²) < 4.78 is 13.1. The normalized spacial score (nSPS) is 11.6. The standard InChI is InChI=1S/C52H34N2O2/c1-3-13-39(14-4-1)53(40-15-5-2-6-16-40)42-25-29-47-48-30-27-44(34-52(48)56-51(47)32-42)54(43-26-28-46-45-17-9-10-18-49(45)55-50(46)33-43)41-23-21-36(22-24-41)38-20-19-35-11-7-8-12-37(35)31-38/h1-34H. The molecule has 0 saturated carbocycles. The first-order valence-electron chi connectivity index (χ1n) is 18.9. The average molecular weight is 719 g/mol. The highest BCUT2D eigenvalue weighted by atomic mass is 16.3. The Morgan fingerprint density at radius 2 is 0.661 bits per heavy atom. The van der Waals surface area contributed by atoms with Gasteiger partial charge in [-0.2, -0.15) is 0 Å². The predicted molar refractivity (Wildman–Crippen MR) is 233 cm³/mol. The molecule has 0 unspecified atom stereocenters. The number of hydrogen-bond donors (Lipinski definition) is 0. The molecule has 0 spiro atoms. The summed E-state index contributed by atoms with van der Waals surface area (Å²) in [6, 6.07) is 72.6. The number of nitrogens with zero attached hydrogens (tertiary/aromatic N) is 2. The molecule has 4 nitrogen and oxygen atoms in total. The molecule has 9 aromatic carbocycles. The molecule has 0 aliphatic carbocycles. The third-order valence-corrected chi connectivity index (χ3v) is 10.8. The zero-order valence-corrected chi connectivity index (χ0v) is 30.3. The number of hydrogen-bond acceptors (Lipinski definition) is 4. The Kier molecular flexibility index (Phi) is 7.46. The number of fused-ring (bicyclic) bond motifs is 7. The van der Waals surface area contributed by atoms with Gasteiger partial charge in [-0.15, -0.1) is 0 Å². The van der Waals surface area contributed by atoms with Gasteiger partial charge in [0.25, 0.3) is 0 Å². The Morgan fingerprint density at radius 1 is 0.250 bits per heavy atom. The number of furan rings is 2. The van der Waals surface area contributed by atoms with Gasteiger partial charge in [-0.1, -0.05) is 103 Å². The number of benzene rings is 9. The van der Waals surface area contributed by atoms with E-state index in [0.717, 1.165) is 83.6 Å². The molecular weight excluding hydrogens is 685 g/mol. The molecule has 2 aromatic heterocycles. The molecule has 0 aliphatic heterocycles. The van der Waals surface area contributed by atoms with Crippen LogP contribution in [0, 0.1) is 0 Å². The topological polar surface area (TPSA) is 32.8 Å². The molecule has 0 fully saturated rings. The van der Waals surface area contributed by atoms with Gasteiger partial charge in [0.2, 0.25) is 0 Å². The molecule has 11 aromatic rings. The van der Waals surface area contributed by atoms with Crippen LogP contribution in [0.1, 0.15) is 0 Å². The Labute approximate surface area is 323 Å². The lowest BCUT2D eigenvalue weighted by Crippen LogP contribution is -2.09. The van der Waals surface area contributed by atoms with Gasteiger partial charge in [0.15, 0.2) is 0 Å². The molecule has 11 rings (SSSR count). The highest BCUT2D eigenvalue weighted by Crippen LogP contribution is 2.43. The van der Waals surface area contributed by atoms with Gasteiger partial charge in [-0.25, -0.2) is 0 Å². The van der Waals surface area contributed by atoms with E-state index in [9.17, 15) is 0 Å². The Bertz CT molecular complexity index is 3160. The zero-order chi connectivity index (χ0) is 37.0. The second-order valence-corrected chi connectivity index (χ2v) is 14.2. The summed E-state index contributed by atoms with van der Waals surface area (Å²) >= 11 is 0. The van der Waals surface area contributed by atoms with Crippen molar-refractivity contribution in [1.82, 2.24) is 0 Å². The fourth-order valence-electron chi connectivity index (χ4n) is 8.11. The van der Waals surface area contributed by atoms with Crippen molar-refractivity contribution in [2.24, 2.45) is 0 Å². The Hall–Kier alpha value is -7.56. The fraction of sp³-hybridized carbons (Fsp3) is 0. The van der Waals surface area contributed by atoms with Gasteiger partial charge in [0, 0.05) is 73.9 Å². The molecule has 2 heterocycles. The van der Waals surface area contributed by atoms with E-state index < -0.39 is 0 Å². The Balaban J connectivity index is 1.03. The first kappa shape index (κ1) is 31.9. The lowest BCUT2D eigenvalue weighted by molar-refractivity contribution is 0.669. The molecule has 0 aliphatic rings. The van der Waals surface area contributed by atoms with Gasteiger partial charge >= 0.3 is 0 Å². The maximum absolute atomic E-state index is 6.73. The van der Waals surface area contributed by atoms with Crippen molar-refractivity contribution in [3.63, 3.8) is 0 Å². The van der Waals surface area contributed by atoms with E-state index in [0.29, 0.717) is 0 Å². The van der Waals surface area contributed by atoms with Crippen LogP contribution < -0.4 is 9.80 Å². The van der Waals surface area contributed by atoms with E-state index in [1.165, 1.54) is 16.3 Å². The minimum Gasteiger partial charge on any atom is -0.456 e. The van der Waals surface area contributed by atoms with E-state index in [2.05, 4.69) is 192 Å². The molecule has 0 radical (unpaired) electrons. The van der Waals surface area contributed by atoms with Crippen LogP contribution >= 0.6 is 0 Å². The second-order valence-electron chi connectivity index (χ2n) is 14.2. The van der Waals surface area contributed by atoms with Crippen LogP contribution in [-0.4, -0.2) is 0 Å². The Morgan fingerprint density at radius 3 is 1.25 bits per heavy atom. The largest absolute Gasteiger partial charge is 0.456 e. The number of anilines is 6. The molecule has 0 N–H and O–H groups in total. The summed E-state index contributed by atoms with van der Waals surface area (Å²) in [6.07, 6.45) is 0.